The molecule has 1 saturated heterocycles. The minimum absolute atomic E-state index is 0.120. The summed E-state index contributed by atoms with van der Waals surface area (Å²) in [6, 6.07) is 12.9. The van der Waals surface area contributed by atoms with Crippen LogP contribution in [-0.2, 0) is 15.3 Å². The van der Waals surface area contributed by atoms with Crippen molar-refractivity contribution in [1.29, 1.82) is 0 Å². The summed E-state index contributed by atoms with van der Waals surface area (Å²) in [6.45, 7) is 0. The molecule has 3 heterocycles. The summed E-state index contributed by atoms with van der Waals surface area (Å²) >= 11 is 14.8. The van der Waals surface area contributed by atoms with Crippen molar-refractivity contribution < 1.29 is 19.1 Å². The number of thioether (sulfide) groups is 1. The Hall–Kier alpha value is -3.31. The Kier molecular flexibility index (Phi) is 7.25. The summed E-state index contributed by atoms with van der Waals surface area (Å²) in [5.74, 6) is -1.91. The average Bonchev–Trinajstić information content (AvgIpc) is 3.47. The van der Waals surface area contributed by atoms with Gasteiger partial charge in [-0.3, -0.25) is 19.5 Å². The number of anilines is 1. The number of hydrogen-bond acceptors (Lipinski definition) is 8. The van der Waals surface area contributed by atoms with E-state index in [1.165, 1.54) is 53.3 Å². The first-order valence-electron chi connectivity index (χ1n) is 10.7. The van der Waals surface area contributed by atoms with Gasteiger partial charge in [0.15, 0.2) is 4.34 Å². The van der Waals surface area contributed by atoms with Crippen LogP contribution in [0.4, 0.5) is 9.52 Å². The predicted octanol–water partition coefficient (Wildman–Crippen LogP) is 6.30. The van der Waals surface area contributed by atoms with E-state index in [-0.39, 0.29) is 27.3 Å². The molecule has 37 heavy (non-hydrogen) atoms. The lowest BCUT2D eigenvalue weighted by Gasteiger charge is -2.22. The third kappa shape index (κ3) is 5.10. The Morgan fingerprint density at radius 2 is 1.76 bits per heavy atom. The molecule has 12 heteroatoms. The maximum atomic E-state index is 13.3. The van der Waals surface area contributed by atoms with Gasteiger partial charge < -0.3 is 5.11 Å². The number of carbonyl (C=O) groups excluding carboxylic acids is 2. The highest BCUT2D eigenvalue weighted by Gasteiger charge is 2.48. The molecular formula is C25H15Cl2FN4O3S2. The summed E-state index contributed by atoms with van der Waals surface area (Å²) in [4.78, 5) is 31.6. The molecule has 0 spiro atoms. The molecule has 2 aromatic carbocycles. The zero-order valence-electron chi connectivity index (χ0n) is 18.6. The van der Waals surface area contributed by atoms with Crippen LogP contribution in [0.1, 0.15) is 22.7 Å². The van der Waals surface area contributed by atoms with Crippen molar-refractivity contribution in [3.05, 3.63) is 105 Å². The number of nitrogens with zero attached hydrogens (tertiary/aromatic N) is 4. The maximum absolute atomic E-state index is 13.3. The predicted molar refractivity (Wildman–Crippen MR) is 141 cm³/mol. The van der Waals surface area contributed by atoms with Gasteiger partial charge in [0.1, 0.15) is 11.6 Å². The highest BCUT2D eigenvalue weighted by molar-refractivity contribution is 8.00. The van der Waals surface area contributed by atoms with Crippen molar-refractivity contribution in [3.63, 3.8) is 0 Å². The molecule has 1 unspecified atom stereocenters. The molecule has 1 fully saturated rings. The highest BCUT2D eigenvalue weighted by atomic mass is 35.5. The number of carbonyl (C=O) groups is 2. The van der Waals surface area contributed by atoms with Gasteiger partial charge in [-0.1, -0.05) is 64.5 Å². The largest absolute Gasteiger partial charge is 0.507 e. The van der Waals surface area contributed by atoms with E-state index >= 15 is 0 Å². The second-order valence-corrected chi connectivity index (χ2v) is 10.8. The highest BCUT2D eigenvalue weighted by Crippen LogP contribution is 2.45. The number of hydrogen-bond donors (Lipinski definition) is 1. The second-order valence-electron chi connectivity index (χ2n) is 7.84. The minimum Gasteiger partial charge on any atom is -0.507 e. The number of benzene rings is 2. The van der Waals surface area contributed by atoms with Crippen molar-refractivity contribution in [2.24, 2.45) is 0 Å². The molecule has 4 aromatic rings. The summed E-state index contributed by atoms with van der Waals surface area (Å²) in [7, 11) is 0. The summed E-state index contributed by atoms with van der Waals surface area (Å²) in [6.07, 6.45) is 2.93. The monoisotopic (exact) mass is 572 g/mol. The van der Waals surface area contributed by atoms with Crippen LogP contribution in [0, 0.1) is 5.82 Å². The number of amides is 1. The number of aliphatic hydroxyl groups is 1. The van der Waals surface area contributed by atoms with E-state index in [0.29, 0.717) is 26.2 Å². The van der Waals surface area contributed by atoms with Gasteiger partial charge in [0.2, 0.25) is 5.13 Å². The zero-order chi connectivity index (χ0) is 26.1. The van der Waals surface area contributed by atoms with Crippen molar-refractivity contribution >= 4 is 68.9 Å². The molecule has 7 nitrogen and oxygen atoms in total. The Balaban J connectivity index is 1.54. The van der Waals surface area contributed by atoms with E-state index in [1.54, 1.807) is 30.3 Å². The molecule has 1 N–H and O–H groups in total. The lowest BCUT2D eigenvalue weighted by molar-refractivity contribution is -0.132. The van der Waals surface area contributed by atoms with Gasteiger partial charge in [0, 0.05) is 23.7 Å². The molecule has 186 valence electrons. The Bertz CT molecular complexity index is 1530. The van der Waals surface area contributed by atoms with Crippen LogP contribution in [0.3, 0.4) is 0 Å². The quantitative estimate of drug-likeness (QED) is 0.0951. The Morgan fingerprint density at radius 3 is 2.46 bits per heavy atom. The van der Waals surface area contributed by atoms with Gasteiger partial charge in [-0.15, -0.1) is 10.2 Å². The first kappa shape index (κ1) is 25.3. The van der Waals surface area contributed by atoms with Crippen LogP contribution in [-0.4, -0.2) is 32.0 Å². The van der Waals surface area contributed by atoms with Gasteiger partial charge in [-0.05, 0) is 47.5 Å². The Labute approximate surface area is 228 Å². The molecule has 0 radical (unpaired) electrons. The van der Waals surface area contributed by atoms with E-state index in [1.807, 2.05) is 0 Å². The molecule has 2 aromatic heterocycles. The standard InChI is InChI=1S/C25H15Cl2FN4O3S2/c26-17-6-3-15(11-18(17)27)20-19(21(33)14-7-9-29-10-8-14)22(34)23(35)32(20)24-30-31-25(37-24)36-12-13-1-4-16(28)5-2-13/h1-11,20,33H,12H2. The number of ketones is 1. The van der Waals surface area contributed by atoms with Crippen LogP contribution in [0.5, 0.6) is 0 Å². The normalized spacial score (nSPS) is 16.9. The average molecular weight is 573 g/mol. The first-order chi connectivity index (χ1) is 17.8. The number of rotatable bonds is 6. The van der Waals surface area contributed by atoms with Gasteiger partial charge in [0.05, 0.1) is 21.7 Å². The smallest absolute Gasteiger partial charge is 0.301 e. The van der Waals surface area contributed by atoms with Crippen LogP contribution in [0.15, 0.2) is 76.9 Å². The van der Waals surface area contributed by atoms with Crippen molar-refractivity contribution in [2.75, 3.05) is 4.90 Å². The molecule has 1 amide bonds. The number of aliphatic hydroxyl groups excluding tert-OH is 1. The summed E-state index contributed by atoms with van der Waals surface area (Å²) < 4.78 is 13.7. The van der Waals surface area contributed by atoms with E-state index in [9.17, 15) is 19.1 Å². The first-order valence-corrected chi connectivity index (χ1v) is 13.3. The third-order valence-electron chi connectivity index (χ3n) is 5.54. The number of pyridine rings is 1. The van der Waals surface area contributed by atoms with Gasteiger partial charge in [-0.2, -0.15) is 0 Å². The van der Waals surface area contributed by atoms with E-state index in [2.05, 4.69) is 15.2 Å². The van der Waals surface area contributed by atoms with Crippen LogP contribution < -0.4 is 4.90 Å². The van der Waals surface area contributed by atoms with Crippen molar-refractivity contribution in [3.8, 4) is 0 Å². The molecule has 0 aliphatic carbocycles. The molecule has 1 aliphatic heterocycles. The number of Topliss-reactive ketones (excluding diaryl/α,β-unsaturated/α-hetero) is 1. The molecule has 0 bridgehead atoms. The topological polar surface area (TPSA) is 96.3 Å². The number of halogens is 3. The fourth-order valence-corrected chi connectivity index (χ4v) is 5.91. The maximum Gasteiger partial charge on any atom is 0.301 e. The fraction of sp³-hybridized carbons (Fsp3) is 0.0800. The molecule has 0 saturated carbocycles. The molecular weight excluding hydrogens is 558 g/mol. The van der Waals surface area contributed by atoms with Gasteiger partial charge in [0.25, 0.3) is 5.78 Å². The van der Waals surface area contributed by atoms with Crippen LogP contribution >= 0.6 is 46.3 Å². The fourth-order valence-electron chi connectivity index (χ4n) is 3.78. The summed E-state index contributed by atoms with van der Waals surface area (Å²) in [5.41, 5.74) is 1.55. The SMILES string of the molecule is O=C1C(=O)N(c2nnc(SCc3ccc(F)cc3)s2)C(c2ccc(Cl)c(Cl)c2)C1=C(O)c1ccncc1. The summed E-state index contributed by atoms with van der Waals surface area (Å²) in [5, 5.41) is 20.1. The van der Waals surface area contributed by atoms with E-state index < -0.39 is 17.7 Å². The lowest BCUT2D eigenvalue weighted by Crippen LogP contribution is -2.29. The molecule has 1 aliphatic rings. The minimum atomic E-state index is -1.02. The lowest BCUT2D eigenvalue weighted by atomic mass is 9.96. The van der Waals surface area contributed by atoms with Crippen molar-refractivity contribution in [2.45, 2.75) is 16.1 Å². The van der Waals surface area contributed by atoms with Crippen molar-refractivity contribution in [1.82, 2.24) is 15.2 Å². The Morgan fingerprint density at radius 1 is 1.03 bits per heavy atom. The van der Waals surface area contributed by atoms with Gasteiger partial charge in [-0.25, -0.2) is 4.39 Å². The number of aromatic nitrogens is 3. The zero-order valence-corrected chi connectivity index (χ0v) is 21.8. The third-order valence-corrected chi connectivity index (χ3v) is 8.40. The second kappa shape index (κ2) is 10.6. The molecule has 1 atom stereocenters. The molecule has 5 rings (SSSR count). The van der Waals surface area contributed by atoms with E-state index in [4.69, 9.17) is 23.2 Å². The van der Waals surface area contributed by atoms with Gasteiger partial charge >= 0.3 is 5.91 Å². The van der Waals surface area contributed by atoms with E-state index in [0.717, 1.165) is 16.9 Å². The van der Waals surface area contributed by atoms with Crippen LogP contribution in [0.25, 0.3) is 5.76 Å². The van der Waals surface area contributed by atoms with Crippen LogP contribution in [0.2, 0.25) is 10.0 Å².